The Morgan fingerprint density at radius 1 is 1.21 bits per heavy atom. The highest BCUT2D eigenvalue weighted by molar-refractivity contribution is 7.80. The summed E-state index contributed by atoms with van der Waals surface area (Å²) in [6, 6.07) is 8.62. The third-order valence-corrected chi connectivity index (χ3v) is 3.64. The first-order valence-electron chi connectivity index (χ1n) is 8.70. The molecule has 0 unspecified atom stereocenters. The molecule has 1 aromatic heterocycles. The number of nitrogens with one attached hydrogen (secondary N) is 2. The summed E-state index contributed by atoms with van der Waals surface area (Å²) < 4.78 is 21.4. The van der Waals surface area contributed by atoms with Crippen molar-refractivity contribution in [3.05, 3.63) is 47.4 Å². The lowest BCUT2D eigenvalue weighted by Gasteiger charge is -2.12. The van der Waals surface area contributed by atoms with Crippen molar-refractivity contribution in [1.82, 2.24) is 10.7 Å². The number of hydrazone groups is 1. The topological polar surface area (TPSA) is 94.3 Å². The summed E-state index contributed by atoms with van der Waals surface area (Å²) in [6.45, 7) is 5.18. The first-order chi connectivity index (χ1) is 13.6. The van der Waals surface area contributed by atoms with Gasteiger partial charge in [0.2, 0.25) is 5.76 Å². The van der Waals surface area contributed by atoms with Gasteiger partial charge in [0.15, 0.2) is 16.6 Å². The minimum atomic E-state index is -0.535. The van der Waals surface area contributed by atoms with Crippen LogP contribution in [0.1, 0.15) is 35.7 Å². The molecule has 2 rings (SSSR count). The number of hydrogen-bond donors (Lipinski definition) is 2. The Kier molecular flexibility index (Phi) is 8.29. The average molecular weight is 405 g/mol. The van der Waals surface area contributed by atoms with Crippen LogP contribution in [0, 0.1) is 0 Å². The van der Waals surface area contributed by atoms with E-state index < -0.39 is 5.97 Å². The molecule has 0 saturated heterocycles. The first-order valence-corrected chi connectivity index (χ1v) is 9.11. The maximum atomic E-state index is 11.4. The number of thiocarbonyl (C=S) groups is 1. The van der Waals surface area contributed by atoms with Gasteiger partial charge >= 0.3 is 5.97 Å². The summed E-state index contributed by atoms with van der Waals surface area (Å²) in [5, 5.41) is 7.47. The third-order valence-electron chi connectivity index (χ3n) is 3.40. The normalized spacial score (nSPS) is 10.5. The fourth-order valence-corrected chi connectivity index (χ4v) is 2.37. The molecule has 0 aliphatic rings. The van der Waals surface area contributed by atoms with Crippen LogP contribution in [0.5, 0.6) is 11.5 Å². The second-order valence-corrected chi connectivity index (χ2v) is 5.82. The average Bonchev–Trinajstić information content (AvgIpc) is 3.16. The van der Waals surface area contributed by atoms with Gasteiger partial charge in [-0.1, -0.05) is 0 Å². The molecule has 0 fully saturated rings. The summed E-state index contributed by atoms with van der Waals surface area (Å²) in [6.07, 6.45) is 1.63. The molecular formula is C19H23N3O5S. The Morgan fingerprint density at radius 2 is 2.04 bits per heavy atom. The van der Waals surface area contributed by atoms with E-state index in [0.717, 1.165) is 12.1 Å². The van der Waals surface area contributed by atoms with E-state index in [1.165, 1.54) is 7.11 Å². The van der Waals surface area contributed by atoms with Gasteiger partial charge in [0.25, 0.3) is 0 Å². The predicted molar refractivity (Wildman–Crippen MR) is 109 cm³/mol. The molecule has 150 valence electrons. The van der Waals surface area contributed by atoms with Crippen molar-refractivity contribution in [2.24, 2.45) is 5.10 Å². The molecule has 1 heterocycles. The Hall–Kier alpha value is -3.07. The van der Waals surface area contributed by atoms with Crippen molar-refractivity contribution in [3.63, 3.8) is 0 Å². The fraction of sp³-hybridized carbons (Fsp3) is 0.316. The third kappa shape index (κ3) is 6.27. The summed E-state index contributed by atoms with van der Waals surface area (Å²) in [5.41, 5.74) is 3.54. The number of carbonyl (C=O) groups excluding carboxylic acids is 1. The van der Waals surface area contributed by atoms with Gasteiger partial charge in [0, 0.05) is 6.54 Å². The molecule has 8 nitrogen and oxygen atoms in total. The van der Waals surface area contributed by atoms with E-state index in [-0.39, 0.29) is 12.4 Å². The van der Waals surface area contributed by atoms with E-state index in [1.54, 1.807) is 24.4 Å². The molecule has 2 N–H and O–H groups in total. The van der Waals surface area contributed by atoms with Crippen LogP contribution in [0.4, 0.5) is 0 Å². The highest BCUT2D eigenvalue weighted by atomic mass is 32.1. The van der Waals surface area contributed by atoms with E-state index in [2.05, 4.69) is 20.6 Å². The van der Waals surface area contributed by atoms with Crippen molar-refractivity contribution >= 4 is 29.5 Å². The van der Waals surface area contributed by atoms with Crippen LogP contribution < -0.4 is 20.2 Å². The lowest BCUT2D eigenvalue weighted by molar-refractivity contribution is 0.0561. The zero-order valence-corrected chi connectivity index (χ0v) is 16.8. The first kappa shape index (κ1) is 21.2. The van der Waals surface area contributed by atoms with Crippen LogP contribution in [0.25, 0.3) is 0 Å². The molecular weight excluding hydrogens is 382 g/mol. The summed E-state index contributed by atoms with van der Waals surface area (Å²) >= 11 is 5.04. The van der Waals surface area contributed by atoms with Crippen LogP contribution in [0.15, 0.2) is 39.9 Å². The number of benzene rings is 1. The zero-order valence-electron chi connectivity index (χ0n) is 16.0. The molecule has 28 heavy (non-hydrogen) atoms. The minimum absolute atomic E-state index is 0.126. The number of carbonyl (C=O) groups is 1. The maximum Gasteiger partial charge on any atom is 0.373 e. The van der Waals surface area contributed by atoms with Crippen LogP contribution in [-0.4, -0.2) is 37.6 Å². The second-order valence-electron chi connectivity index (χ2n) is 5.41. The van der Waals surface area contributed by atoms with Crippen molar-refractivity contribution in [1.29, 1.82) is 0 Å². The summed E-state index contributed by atoms with van der Waals surface area (Å²) in [7, 11) is 1.30. The summed E-state index contributed by atoms with van der Waals surface area (Å²) in [4.78, 5) is 11.4. The lowest BCUT2D eigenvalue weighted by Crippen LogP contribution is -2.31. The molecule has 1 aromatic carbocycles. The van der Waals surface area contributed by atoms with E-state index >= 15 is 0 Å². The number of furan rings is 1. The number of hydrogen-bond acceptors (Lipinski definition) is 7. The number of nitrogens with zero attached hydrogens (tertiary/aromatic N) is 1. The van der Waals surface area contributed by atoms with Gasteiger partial charge in [-0.3, -0.25) is 5.43 Å². The van der Waals surface area contributed by atoms with Gasteiger partial charge in [0.1, 0.15) is 12.4 Å². The van der Waals surface area contributed by atoms with Crippen molar-refractivity contribution in [3.8, 4) is 11.5 Å². The highest BCUT2D eigenvalue weighted by Crippen LogP contribution is 2.29. The monoisotopic (exact) mass is 405 g/mol. The number of esters is 1. The van der Waals surface area contributed by atoms with Gasteiger partial charge in [-0.2, -0.15) is 5.10 Å². The Bertz CT molecular complexity index is 835. The molecule has 0 amide bonds. The molecule has 2 aromatic rings. The summed E-state index contributed by atoms with van der Waals surface area (Å²) in [5.74, 6) is 1.20. The molecule has 9 heteroatoms. The minimum Gasteiger partial charge on any atom is -0.490 e. The van der Waals surface area contributed by atoms with Gasteiger partial charge < -0.3 is 23.9 Å². The van der Waals surface area contributed by atoms with Crippen LogP contribution >= 0.6 is 12.2 Å². The molecule has 0 spiro atoms. The SMILES string of the molecule is CCNC(=S)N/N=C\c1ccc(OCc2ccc(C(=O)OC)o2)c(OCC)c1. The molecule has 0 aliphatic carbocycles. The van der Waals surface area contributed by atoms with Crippen molar-refractivity contribution in [2.75, 3.05) is 20.3 Å². The number of methoxy groups -OCH3 is 1. The van der Waals surface area contributed by atoms with Gasteiger partial charge in [-0.05, 0) is 62.0 Å². The second kappa shape index (κ2) is 10.9. The van der Waals surface area contributed by atoms with Crippen LogP contribution in [0.2, 0.25) is 0 Å². The predicted octanol–water partition coefficient (Wildman–Crippen LogP) is 2.86. The maximum absolute atomic E-state index is 11.4. The van der Waals surface area contributed by atoms with E-state index in [4.69, 9.17) is 26.1 Å². The van der Waals surface area contributed by atoms with Crippen molar-refractivity contribution < 1.29 is 23.4 Å². The molecule has 0 radical (unpaired) electrons. The van der Waals surface area contributed by atoms with Gasteiger partial charge in [-0.25, -0.2) is 4.79 Å². The van der Waals surface area contributed by atoms with E-state index in [0.29, 0.717) is 29.0 Å². The molecule has 0 saturated carbocycles. The van der Waals surface area contributed by atoms with Crippen LogP contribution in [-0.2, 0) is 11.3 Å². The van der Waals surface area contributed by atoms with Crippen molar-refractivity contribution in [2.45, 2.75) is 20.5 Å². The molecule has 0 aliphatic heterocycles. The quantitative estimate of drug-likeness (QED) is 0.285. The Labute approximate surface area is 168 Å². The number of ether oxygens (including phenoxy) is 3. The molecule has 0 bridgehead atoms. The Morgan fingerprint density at radius 3 is 2.75 bits per heavy atom. The zero-order chi connectivity index (χ0) is 20.4. The smallest absolute Gasteiger partial charge is 0.373 e. The Balaban J connectivity index is 2.03. The van der Waals surface area contributed by atoms with E-state index in [1.807, 2.05) is 26.0 Å². The van der Waals surface area contributed by atoms with Gasteiger partial charge in [-0.15, -0.1) is 0 Å². The standard InChI is InChI=1S/C19H23N3O5S/c1-4-20-19(28)22-21-11-13-6-8-15(17(10-13)25-5-2)26-12-14-7-9-16(27-14)18(23)24-3/h6-11H,4-5,12H2,1-3H3,(H2,20,22,28)/b21-11-. The van der Waals surface area contributed by atoms with Crippen LogP contribution in [0.3, 0.4) is 0 Å². The largest absolute Gasteiger partial charge is 0.490 e. The van der Waals surface area contributed by atoms with E-state index in [9.17, 15) is 4.79 Å². The lowest BCUT2D eigenvalue weighted by atomic mass is 10.2. The highest BCUT2D eigenvalue weighted by Gasteiger charge is 2.12. The fourth-order valence-electron chi connectivity index (χ4n) is 2.17. The molecule has 0 atom stereocenters. The number of rotatable bonds is 9. The van der Waals surface area contributed by atoms with Gasteiger partial charge in [0.05, 0.1) is 19.9 Å².